The molecule has 6 heteroatoms. The highest BCUT2D eigenvalue weighted by molar-refractivity contribution is 8.00. The number of nitrogens with one attached hydrogen (secondary N) is 1. The summed E-state index contributed by atoms with van der Waals surface area (Å²) in [6.45, 7) is 11.1. The van der Waals surface area contributed by atoms with E-state index in [9.17, 15) is 4.79 Å². The Morgan fingerprint density at radius 1 is 1.35 bits per heavy atom. The molecule has 2 aromatic rings. The van der Waals surface area contributed by atoms with Crippen LogP contribution in [-0.2, 0) is 11.3 Å². The van der Waals surface area contributed by atoms with Gasteiger partial charge in [-0.2, -0.15) is 0 Å². The van der Waals surface area contributed by atoms with Crippen LogP contribution in [0.2, 0.25) is 0 Å². The zero-order chi connectivity index (χ0) is 19.3. The quantitative estimate of drug-likeness (QED) is 0.677. The molecular weight excluding hydrogens is 346 g/mol. The molecule has 142 valence electrons. The molecule has 0 saturated carbocycles. The second-order valence-corrected chi connectivity index (χ2v) is 7.83. The number of amides is 1. The van der Waals surface area contributed by atoms with Crippen LogP contribution in [0.25, 0.3) is 0 Å². The number of nitrogens with zero attached hydrogens (tertiary/aromatic N) is 2. The van der Waals surface area contributed by atoms with Crippen LogP contribution in [-0.4, -0.2) is 27.8 Å². The van der Waals surface area contributed by atoms with Gasteiger partial charge in [0.15, 0.2) is 5.16 Å². The standard InChI is InChI=1S/C20H29N3O2S/c1-7-8-11-23-15(4)14(3)21-20(23)26-16(5)19(24)22-17-12-13(2)9-10-18(17)25-6/h9-10,12,16H,7-8,11H2,1-6H3,(H,22,24). The molecule has 0 fully saturated rings. The maximum absolute atomic E-state index is 12.7. The monoisotopic (exact) mass is 375 g/mol. The maximum Gasteiger partial charge on any atom is 0.237 e. The van der Waals surface area contributed by atoms with Crippen molar-refractivity contribution in [3.05, 3.63) is 35.2 Å². The van der Waals surface area contributed by atoms with Crippen LogP contribution in [0.5, 0.6) is 5.75 Å². The van der Waals surface area contributed by atoms with Gasteiger partial charge in [0.25, 0.3) is 0 Å². The van der Waals surface area contributed by atoms with Crippen LogP contribution in [0, 0.1) is 20.8 Å². The molecule has 0 aliphatic rings. The van der Waals surface area contributed by atoms with E-state index in [4.69, 9.17) is 4.74 Å². The number of anilines is 1. The van der Waals surface area contributed by atoms with E-state index < -0.39 is 0 Å². The number of carbonyl (C=O) groups excluding carboxylic acids is 1. The van der Waals surface area contributed by atoms with Crippen molar-refractivity contribution in [2.24, 2.45) is 0 Å². The summed E-state index contributed by atoms with van der Waals surface area (Å²) in [5, 5.41) is 3.63. The van der Waals surface area contributed by atoms with E-state index in [-0.39, 0.29) is 11.2 Å². The van der Waals surface area contributed by atoms with Crippen molar-refractivity contribution in [1.82, 2.24) is 9.55 Å². The molecule has 5 nitrogen and oxygen atoms in total. The maximum atomic E-state index is 12.7. The van der Waals surface area contributed by atoms with Crippen LogP contribution in [0.1, 0.15) is 43.6 Å². The van der Waals surface area contributed by atoms with E-state index in [1.54, 1.807) is 7.11 Å². The van der Waals surface area contributed by atoms with Gasteiger partial charge in [0.1, 0.15) is 5.75 Å². The predicted octanol–water partition coefficient (Wildman–Crippen LogP) is 4.74. The summed E-state index contributed by atoms with van der Waals surface area (Å²) >= 11 is 1.50. The lowest BCUT2D eigenvalue weighted by Crippen LogP contribution is -2.23. The third kappa shape index (κ3) is 4.81. The Morgan fingerprint density at radius 3 is 2.73 bits per heavy atom. The van der Waals surface area contributed by atoms with Crippen LogP contribution >= 0.6 is 11.8 Å². The van der Waals surface area contributed by atoms with Gasteiger partial charge >= 0.3 is 0 Å². The molecule has 0 radical (unpaired) electrons. The van der Waals surface area contributed by atoms with Crippen LogP contribution in [0.15, 0.2) is 23.4 Å². The molecule has 1 heterocycles. The normalized spacial score (nSPS) is 12.1. The van der Waals surface area contributed by atoms with E-state index in [0.29, 0.717) is 11.4 Å². The number of rotatable bonds is 8. The number of aromatic nitrogens is 2. The first-order chi connectivity index (χ1) is 12.4. The first-order valence-electron chi connectivity index (χ1n) is 9.03. The molecule has 1 amide bonds. The highest BCUT2D eigenvalue weighted by atomic mass is 32.2. The van der Waals surface area contributed by atoms with Gasteiger partial charge in [0.05, 0.1) is 23.7 Å². The summed E-state index contributed by atoms with van der Waals surface area (Å²) in [7, 11) is 1.61. The molecular formula is C20H29N3O2S. The minimum atomic E-state index is -0.262. The molecule has 1 aromatic carbocycles. The summed E-state index contributed by atoms with van der Waals surface area (Å²) < 4.78 is 7.57. The van der Waals surface area contributed by atoms with Gasteiger partial charge in [-0.15, -0.1) is 0 Å². The van der Waals surface area contributed by atoms with Gasteiger partial charge in [0, 0.05) is 12.2 Å². The van der Waals surface area contributed by atoms with Crippen LogP contribution in [0.3, 0.4) is 0 Å². The summed E-state index contributed by atoms with van der Waals surface area (Å²) in [6.07, 6.45) is 2.23. The largest absolute Gasteiger partial charge is 0.495 e. The second kappa shape index (κ2) is 9.12. The average Bonchev–Trinajstić information content (AvgIpc) is 2.86. The summed E-state index contributed by atoms with van der Waals surface area (Å²) in [5.74, 6) is 0.608. The van der Waals surface area contributed by atoms with Crippen LogP contribution in [0.4, 0.5) is 5.69 Å². The lowest BCUT2D eigenvalue weighted by atomic mass is 10.2. The number of aryl methyl sites for hydroxylation is 2. The van der Waals surface area contributed by atoms with E-state index in [1.165, 1.54) is 17.5 Å². The van der Waals surface area contributed by atoms with Crippen molar-refractivity contribution in [2.45, 2.75) is 64.4 Å². The third-order valence-electron chi connectivity index (χ3n) is 4.42. The van der Waals surface area contributed by atoms with E-state index in [1.807, 2.05) is 39.0 Å². The Hall–Kier alpha value is -1.95. The fraction of sp³-hybridized carbons (Fsp3) is 0.500. The molecule has 26 heavy (non-hydrogen) atoms. The van der Waals surface area contributed by atoms with Crippen molar-refractivity contribution in [3.63, 3.8) is 0 Å². The predicted molar refractivity (Wildman–Crippen MR) is 108 cm³/mol. The molecule has 0 bridgehead atoms. The molecule has 0 aliphatic heterocycles. The lowest BCUT2D eigenvalue weighted by Gasteiger charge is -2.15. The molecule has 0 spiro atoms. The summed E-state index contributed by atoms with van der Waals surface area (Å²) in [6, 6.07) is 5.75. The van der Waals surface area contributed by atoms with Gasteiger partial charge in [-0.25, -0.2) is 4.98 Å². The zero-order valence-electron chi connectivity index (χ0n) is 16.5. The Balaban J connectivity index is 2.13. The number of benzene rings is 1. The van der Waals surface area contributed by atoms with Crippen molar-refractivity contribution in [1.29, 1.82) is 0 Å². The molecule has 1 atom stereocenters. The van der Waals surface area contributed by atoms with Crippen molar-refractivity contribution < 1.29 is 9.53 Å². The topological polar surface area (TPSA) is 56.2 Å². The SMILES string of the molecule is CCCCn1c(SC(C)C(=O)Nc2cc(C)ccc2OC)nc(C)c1C. The lowest BCUT2D eigenvalue weighted by molar-refractivity contribution is -0.115. The number of thioether (sulfide) groups is 1. The summed E-state index contributed by atoms with van der Waals surface area (Å²) in [5.41, 5.74) is 3.97. The average molecular weight is 376 g/mol. The minimum absolute atomic E-state index is 0.0563. The van der Waals surface area contributed by atoms with E-state index in [2.05, 4.69) is 28.7 Å². The van der Waals surface area contributed by atoms with Crippen molar-refractivity contribution in [2.75, 3.05) is 12.4 Å². The number of hydrogen-bond acceptors (Lipinski definition) is 4. The van der Waals surface area contributed by atoms with Crippen LogP contribution < -0.4 is 10.1 Å². The van der Waals surface area contributed by atoms with Gasteiger partial charge in [-0.1, -0.05) is 31.2 Å². The Bertz CT molecular complexity index is 771. The number of ether oxygens (including phenoxy) is 1. The van der Waals surface area contributed by atoms with Crippen molar-refractivity contribution >= 4 is 23.4 Å². The smallest absolute Gasteiger partial charge is 0.237 e. The molecule has 1 aromatic heterocycles. The Kier molecular flexibility index (Phi) is 7.14. The highest BCUT2D eigenvalue weighted by Gasteiger charge is 2.20. The zero-order valence-corrected chi connectivity index (χ0v) is 17.4. The third-order valence-corrected chi connectivity index (χ3v) is 5.51. The highest BCUT2D eigenvalue weighted by Crippen LogP contribution is 2.29. The minimum Gasteiger partial charge on any atom is -0.495 e. The molecule has 1 N–H and O–H groups in total. The number of methoxy groups -OCH3 is 1. The number of hydrogen-bond donors (Lipinski definition) is 1. The van der Waals surface area contributed by atoms with E-state index in [0.717, 1.165) is 35.8 Å². The van der Waals surface area contributed by atoms with Crippen molar-refractivity contribution in [3.8, 4) is 5.75 Å². The fourth-order valence-electron chi connectivity index (χ4n) is 2.66. The Labute approximate surface area is 160 Å². The first kappa shape index (κ1) is 20.4. The first-order valence-corrected chi connectivity index (χ1v) is 9.91. The molecule has 2 rings (SSSR count). The summed E-state index contributed by atoms with van der Waals surface area (Å²) in [4.78, 5) is 17.4. The fourth-order valence-corrected chi connectivity index (χ4v) is 3.69. The molecule has 0 aliphatic carbocycles. The number of unbranched alkanes of at least 4 members (excludes halogenated alkanes) is 1. The number of carbonyl (C=O) groups is 1. The van der Waals surface area contributed by atoms with E-state index >= 15 is 0 Å². The molecule has 1 unspecified atom stereocenters. The second-order valence-electron chi connectivity index (χ2n) is 6.52. The van der Waals surface area contributed by atoms with Gasteiger partial charge in [-0.05, 0) is 51.8 Å². The van der Waals surface area contributed by atoms with Gasteiger partial charge in [-0.3, -0.25) is 4.79 Å². The molecule has 0 saturated heterocycles. The number of imidazole rings is 1. The van der Waals surface area contributed by atoms with Gasteiger partial charge in [0.2, 0.25) is 5.91 Å². The van der Waals surface area contributed by atoms with Gasteiger partial charge < -0.3 is 14.6 Å². The Morgan fingerprint density at radius 2 is 2.08 bits per heavy atom.